The van der Waals surface area contributed by atoms with E-state index in [1.54, 1.807) is 18.0 Å². The number of hydrogen-bond acceptors (Lipinski definition) is 5. The van der Waals surface area contributed by atoms with Crippen molar-refractivity contribution in [1.29, 1.82) is 0 Å². The van der Waals surface area contributed by atoms with Crippen LogP contribution >= 0.6 is 0 Å². The Labute approximate surface area is 237 Å². The van der Waals surface area contributed by atoms with Crippen LogP contribution in [0.3, 0.4) is 0 Å². The number of likely N-dealkylation sites (N-methyl/N-ethyl adjacent to an activating group) is 1. The average molecular weight is 567 g/mol. The molecule has 9 heteroatoms. The molecule has 2 bridgehead atoms. The Hall–Kier alpha value is -3.22. The van der Waals surface area contributed by atoms with Crippen molar-refractivity contribution < 1.29 is 32.9 Å². The summed E-state index contributed by atoms with van der Waals surface area (Å²) in [7, 11) is 1.67. The minimum Gasteiger partial charge on any atom is -0.504 e. The molecule has 216 valence electrons. The van der Waals surface area contributed by atoms with Crippen LogP contribution in [-0.2, 0) is 22.8 Å². The minimum atomic E-state index is -4.44. The fourth-order valence-corrected chi connectivity index (χ4v) is 8.17. The summed E-state index contributed by atoms with van der Waals surface area (Å²) in [6, 6.07) is 7.56. The molecule has 3 unspecified atom stereocenters. The number of aromatic hydroxyl groups is 1. The Kier molecular flexibility index (Phi) is 5.94. The van der Waals surface area contributed by atoms with Gasteiger partial charge in [0, 0.05) is 36.7 Å². The first-order valence-electron chi connectivity index (χ1n) is 14.5. The van der Waals surface area contributed by atoms with Gasteiger partial charge in [-0.15, -0.1) is 0 Å². The van der Waals surface area contributed by atoms with Crippen LogP contribution in [0.4, 0.5) is 13.2 Å². The highest BCUT2D eigenvalue weighted by atomic mass is 19.4. The van der Waals surface area contributed by atoms with Crippen molar-refractivity contribution in [2.24, 2.45) is 5.92 Å². The van der Waals surface area contributed by atoms with E-state index < -0.39 is 40.8 Å². The highest BCUT2D eigenvalue weighted by Crippen LogP contribution is 2.65. The van der Waals surface area contributed by atoms with E-state index in [2.05, 4.69) is 16.7 Å². The predicted molar refractivity (Wildman–Crippen MR) is 144 cm³/mol. The number of carbonyl (C=O) groups excluding carboxylic acids is 1. The second kappa shape index (κ2) is 9.14. The topological polar surface area (TPSA) is 73.2 Å². The Morgan fingerprint density at radius 1 is 1.15 bits per heavy atom. The summed E-state index contributed by atoms with van der Waals surface area (Å²) in [5, 5.41) is 23.6. The molecule has 0 aromatic heterocycles. The maximum absolute atomic E-state index is 13.4. The van der Waals surface area contributed by atoms with E-state index >= 15 is 0 Å². The van der Waals surface area contributed by atoms with E-state index in [9.17, 15) is 28.2 Å². The average Bonchev–Trinajstić information content (AvgIpc) is 3.70. The lowest BCUT2D eigenvalue weighted by Crippen LogP contribution is -2.75. The molecule has 7 rings (SSSR count). The second-order valence-electron chi connectivity index (χ2n) is 12.5. The number of ether oxygens (including phenoxy) is 1. The van der Waals surface area contributed by atoms with E-state index in [1.165, 1.54) is 25.0 Å². The van der Waals surface area contributed by atoms with Gasteiger partial charge < -0.3 is 19.8 Å². The summed E-state index contributed by atoms with van der Waals surface area (Å²) in [4.78, 5) is 17.4. The fraction of sp³-hybridized carbons (Fsp3) is 0.531. The number of rotatable bonds is 3. The smallest absolute Gasteiger partial charge is 0.416 e. The van der Waals surface area contributed by atoms with Crippen LogP contribution in [0.25, 0.3) is 0 Å². The molecule has 0 radical (unpaired) electrons. The third-order valence-corrected chi connectivity index (χ3v) is 10.3. The summed E-state index contributed by atoms with van der Waals surface area (Å²) in [6.45, 7) is 1.80. The van der Waals surface area contributed by atoms with E-state index in [4.69, 9.17) is 4.74 Å². The zero-order valence-corrected chi connectivity index (χ0v) is 22.9. The van der Waals surface area contributed by atoms with E-state index in [-0.39, 0.29) is 11.8 Å². The van der Waals surface area contributed by atoms with Gasteiger partial charge in [-0.1, -0.05) is 12.0 Å². The molecule has 2 aromatic rings. The lowest BCUT2D eigenvalue weighted by atomic mass is 9.52. The Balaban J connectivity index is 1.23. The van der Waals surface area contributed by atoms with Crippen molar-refractivity contribution in [3.05, 3.63) is 58.7 Å². The second-order valence-corrected chi connectivity index (χ2v) is 12.5. The maximum Gasteiger partial charge on any atom is 0.416 e. The van der Waals surface area contributed by atoms with Gasteiger partial charge in [0.05, 0.1) is 22.6 Å². The molecule has 2 heterocycles. The van der Waals surface area contributed by atoms with Gasteiger partial charge in [-0.05, 0) is 93.3 Å². The molecule has 5 atom stereocenters. The minimum absolute atomic E-state index is 0.0437. The summed E-state index contributed by atoms with van der Waals surface area (Å²) < 4.78 is 45.3. The van der Waals surface area contributed by atoms with Crippen LogP contribution in [0.5, 0.6) is 11.5 Å². The van der Waals surface area contributed by atoms with Crippen molar-refractivity contribution in [2.45, 2.75) is 80.3 Å². The Morgan fingerprint density at radius 2 is 1.90 bits per heavy atom. The molecule has 2 aliphatic heterocycles. The summed E-state index contributed by atoms with van der Waals surface area (Å²) >= 11 is 0. The first kappa shape index (κ1) is 26.7. The highest BCUT2D eigenvalue weighted by molar-refractivity contribution is 5.94. The van der Waals surface area contributed by atoms with E-state index in [0.29, 0.717) is 49.3 Å². The van der Waals surface area contributed by atoms with Crippen LogP contribution in [0, 0.1) is 17.8 Å². The number of aliphatic hydroxyl groups is 1. The van der Waals surface area contributed by atoms with Gasteiger partial charge in [0.25, 0.3) is 5.91 Å². The molecule has 2 N–H and O–H groups in total. The SMILES string of the molecule is CN(C(=O)C#Cc1ccc(C(F)(F)F)cc1)C1CCCC2(O)[C@H]3Cc4ccc(O)c5c4[C@@]2(CCN3CC2CC2)C1O5. The Bertz CT molecular complexity index is 1460. The van der Waals surface area contributed by atoms with Crippen molar-refractivity contribution in [2.75, 3.05) is 20.1 Å². The van der Waals surface area contributed by atoms with Crippen molar-refractivity contribution >= 4 is 5.91 Å². The molecular weight excluding hydrogens is 533 g/mol. The number of amides is 1. The van der Waals surface area contributed by atoms with Crippen LogP contribution < -0.4 is 4.74 Å². The molecule has 1 spiro atoms. The summed E-state index contributed by atoms with van der Waals surface area (Å²) in [6.07, 6.45) is 0.682. The molecule has 1 amide bonds. The lowest BCUT2D eigenvalue weighted by molar-refractivity contribution is -0.171. The number of hydrogen-bond donors (Lipinski definition) is 2. The van der Waals surface area contributed by atoms with Crippen molar-refractivity contribution in [3.63, 3.8) is 0 Å². The molecular formula is C32H33F3N2O4. The summed E-state index contributed by atoms with van der Waals surface area (Å²) in [5.41, 5.74) is -0.308. The quantitative estimate of drug-likeness (QED) is 0.544. The first-order chi connectivity index (χ1) is 19.5. The van der Waals surface area contributed by atoms with Gasteiger partial charge >= 0.3 is 6.18 Å². The van der Waals surface area contributed by atoms with Gasteiger partial charge in [0.2, 0.25) is 0 Å². The number of halogens is 3. The molecule has 5 aliphatic rings. The number of phenolic OH excluding ortho intramolecular Hbond substituents is 1. The van der Waals surface area contributed by atoms with Gasteiger partial charge in [-0.2, -0.15) is 13.2 Å². The monoisotopic (exact) mass is 566 g/mol. The number of benzene rings is 2. The van der Waals surface area contributed by atoms with Crippen LogP contribution in [-0.4, -0.2) is 69.8 Å². The van der Waals surface area contributed by atoms with Gasteiger partial charge in [-0.25, -0.2) is 0 Å². The van der Waals surface area contributed by atoms with Gasteiger partial charge in [0.1, 0.15) is 6.10 Å². The van der Waals surface area contributed by atoms with Crippen molar-refractivity contribution in [3.8, 4) is 23.3 Å². The zero-order valence-electron chi connectivity index (χ0n) is 22.9. The molecule has 2 saturated carbocycles. The molecule has 1 saturated heterocycles. The van der Waals surface area contributed by atoms with E-state index in [1.807, 2.05) is 6.07 Å². The third kappa shape index (κ3) is 3.98. The molecule has 3 fully saturated rings. The number of phenols is 1. The first-order valence-corrected chi connectivity index (χ1v) is 14.5. The number of carbonyl (C=O) groups is 1. The zero-order chi connectivity index (χ0) is 28.7. The fourth-order valence-electron chi connectivity index (χ4n) is 8.17. The molecule has 6 nitrogen and oxygen atoms in total. The van der Waals surface area contributed by atoms with Crippen molar-refractivity contribution in [1.82, 2.24) is 9.80 Å². The predicted octanol–water partition coefficient (Wildman–Crippen LogP) is 4.24. The highest BCUT2D eigenvalue weighted by Gasteiger charge is 2.72. The standard InChI is InChI=1S/C32H33F3N2O4/c1-36(26(39)13-8-19-6-10-22(11-7-19)32(33,34)35)23-3-2-14-31(40)25-17-21-9-12-24(38)28-27(21)30(31,29(23)41-28)15-16-37(25)18-20-4-5-20/h6-7,9-12,20,23,25,29,38,40H,2-5,14-18H2,1H3/t23?,25-,29?,30+,31?/m1/s1. The number of piperidine rings is 1. The summed E-state index contributed by atoms with van der Waals surface area (Å²) in [5.74, 6) is 5.99. The third-order valence-electron chi connectivity index (χ3n) is 10.3. The van der Waals surface area contributed by atoms with Gasteiger partial charge in [0.15, 0.2) is 11.5 Å². The van der Waals surface area contributed by atoms with E-state index in [0.717, 1.165) is 36.3 Å². The molecule has 3 aliphatic carbocycles. The maximum atomic E-state index is 13.4. The van der Waals surface area contributed by atoms with Gasteiger partial charge in [-0.3, -0.25) is 9.69 Å². The molecule has 41 heavy (non-hydrogen) atoms. The normalized spacial score (nSPS) is 31.8. The van der Waals surface area contributed by atoms with Crippen LogP contribution in [0.2, 0.25) is 0 Å². The molecule has 2 aromatic carbocycles. The lowest BCUT2D eigenvalue weighted by Gasteiger charge is -2.61. The van der Waals surface area contributed by atoms with Crippen LogP contribution in [0.1, 0.15) is 60.8 Å². The number of alkyl halides is 3. The largest absolute Gasteiger partial charge is 0.504 e. The number of nitrogens with zero attached hydrogens (tertiary/aromatic N) is 2. The number of likely N-dealkylation sites (tertiary alicyclic amines) is 1. The Morgan fingerprint density at radius 3 is 2.61 bits per heavy atom. The van der Waals surface area contributed by atoms with Crippen LogP contribution in [0.15, 0.2) is 36.4 Å².